The first-order valence-electron chi connectivity index (χ1n) is 10.6. The summed E-state index contributed by atoms with van der Waals surface area (Å²) < 4.78 is 21.3. The van der Waals surface area contributed by atoms with Crippen LogP contribution >= 0.6 is 11.8 Å². The summed E-state index contributed by atoms with van der Waals surface area (Å²) in [6.07, 6.45) is 3.39. The van der Waals surface area contributed by atoms with Crippen molar-refractivity contribution in [3.05, 3.63) is 62.2 Å². The molecule has 1 atom stereocenters. The molecule has 0 saturated carbocycles. The number of thioether (sulfide) groups is 1. The molecule has 0 aliphatic carbocycles. The molecule has 2 aliphatic heterocycles. The van der Waals surface area contributed by atoms with Gasteiger partial charge in [0, 0.05) is 22.6 Å². The average Bonchev–Trinajstić information content (AvgIpc) is 3.13. The molecule has 0 spiro atoms. The van der Waals surface area contributed by atoms with E-state index in [9.17, 15) is 19.1 Å². The first kappa shape index (κ1) is 21.2. The number of hydrogen-bond acceptors (Lipinski definition) is 6. The summed E-state index contributed by atoms with van der Waals surface area (Å²) in [7, 11) is 0. The molecule has 0 bridgehead atoms. The predicted octanol–water partition coefficient (Wildman–Crippen LogP) is 3.65. The quantitative estimate of drug-likeness (QED) is 0.366. The zero-order chi connectivity index (χ0) is 22.6. The van der Waals surface area contributed by atoms with Crippen LogP contribution < -0.4 is 5.56 Å². The van der Waals surface area contributed by atoms with Gasteiger partial charge in [0.25, 0.3) is 5.56 Å². The molecular formula is C24H23FN2O4S. The number of fused-ring (bicyclic) bond motifs is 5. The van der Waals surface area contributed by atoms with E-state index >= 15 is 0 Å². The zero-order valence-electron chi connectivity index (χ0n) is 17.9. The summed E-state index contributed by atoms with van der Waals surface area (Å²) in [6, 6.07) is 5.10. The molecule has 0 saturated heterocycles. The third kappa shape index (κ3) is 3.24. The number of aryl methyl sites for hydroxylation is 1. The van der Waals surface area contributed by atoms with Gasteiger partial charge in [-0.2, -0.15) is 11.8 Å². The maximum absolute atomic E-state index is 14.7. The van der Waals surface area contributed by atoms with Gasteiger partial charge in [-0.1, -0.05) is 0 Å². The number of aliphatic hydroxyl groups excluding tert-OH is 1. The number of benzene rings is 1. The number of rotatable bonds is 5. The third-order valence-electron chi connectivity index (χ3n) is 6.44. The number of esters is 1. The second-order valence-electron chi connectivity index (χ2n) is 8.34. The van der Waals surface area contributed by atoms with Crippen LogP contribution in [-0.4, -0.2) is 32.6 Å². The van der Waals surface area contributed by atoms with Crippen LogP contribution in [0, 0.1) is 12.7 Å². The lowest BCUT2D eigenvalue weighted by molar-refractivity contribution is -0.157. The fraction of sp³-hybridized carbons (Fsp3) is 0.375. The van der Waals surface area contributed by atoms with Crippen LogP contribution in [0.15, 0.2) is 23.0 Å². The highest BCUT2D eigenvalue weighted by Gasteiger charge is 2.33. The number of aromatic nitrogens is 2. The summed E-state index contributed by atoms with van der Waals surface area (Å²) in [5.74, 6) is 0.0139. The largest absolute Gasteiger partial charge is 0.458 e. The number of carbonyl (C=O) groups excluding carboxylic acids is 1. The minimum atomic E-state index is -1.49. The molecule has 0 amide bonds. The summed E-state index contributed by atoms with van der Waals surface area (Å²) in [6.45, 7) is 1.99. The maximum Gasteiger partial charge on any atom is 0.340 e. The number of ether oxygens (including phenoxy) is 1. The van der Waals surface area contributed by atoms with E-state index < -0.39 is 12.1 Å². The summed E-state index contributed by atoms with van der Waals surface area (Å²) >= 11 is 1.80. The molecule has 0 radical (unpaired) electrons. The van der Waals surface area contributed by atoms with Crippen molar-refractivity contribution in [2.45, 2.75) is 45.4 Å². The molecular weight excluding hydrogens is 431 g/mol. The fourth-order valence-corrected chi connectivity index (χ4v) is 5.17. The van der Waals surface area contributed by atoms with Gasteiger partial charge in [0.15, 0.2) is 6.10 Å². The van der Waals surface area contributed by atoms with E-state index in [1.54, 1.807) is 29.3 Å². The van der Waals surface area contributed by atoms with E-state index in [0.29, 0.717) is 29.0 Å². The van der Waals surface area contributed by atoms with Gasteiger partial charge in [0.1, 0.15) is 12.4 Å². The van der Waals surface area contributed by atoms with Crippen molar-refractivity contribution in [2.24, 2.45) is 0 Å². The van der Waals surface area contributed by atoms with Gasteiger partial charge in [-0.15, -0.1) is 0 Å². The summed E-state index contributed by atoms with van der Waals surface area (Å²) in [5, 5.41) is 11.1. The minimum Gasteiger partial charge on any atom is -0.458 e. The molecule has 1 aromatic carbocycles. The Bertz CT molecular complexity index is 1330. The van der Waals surface area contributed by atoms with Gasteiger partial charge in [0.2, 0.25) is 0 Å². The van der Waals surface area contributed by atoms with Crippen molar-refractivity contribution >= 4 is 28.6 Å². The number of pyridine rings is 2. The van der Waals surface area contributed by atoms with E-state index in [2.05, 4.69) is 6.26 Å². The van der Waals surface area contributed by atoms with Crippen LogP contribution in [-0.2, 0) is 29.1 Å². The van der Waals surface area contributed by atoms with Crippen LogP contribution in [0.3, 0.4) is 0 Å². The van der Waals surface area contributed by atoms with E-state index in [0.717, 1.165) is 41.5 Å². The number of cyclic esters (lactones) is 1. The number of halogens is 1. The highest BCUT2D eigenvalue weighted by Crippen LogP contribution is 2.37. The van der Waals surface area contributed by atoms with E-state index in [4.69, 9.17) is 9.72 Å². The van der Waals surface area contributed by atoms with Crippen molar-refractivity contribution in [1.29, 1.82) is 0 Å². The normalized spacial score (nSPS) is 16.6. The second-order valence-corrected chi connectivity index (χ2v) is 9.33. The van der Waals surface area contributed by atoms with Crippen LogP contribution in [0.1, 0.15) is 46.8 Å². The Balaban J connectivity index is 1.64. The van der Waals surface area contributed by atoms with E-state index in [-0.39, 0.29) is 29.1 Å². The van der Waals surface area contributed by atoms with Gasteiger partial charge in [-0.3, -0.25) is 4.79 Å². The molecule has 32 heavy (non-hydrogen) atoms. The molecule has 6 nitrogen and oxygen atoms in total. The van der Waals surface area contributed by atoms with Crippen molar-refractivity contribution in [2.75, 3.05) is 12.0 Å². The summed E-state index contributed by atoms with van der Waals surface area (Å²) in [4.78, 5) is 29.6. The Morgan fingerprint density at radius 3 is 2.88 bits per heavy atom. The first-order chi connectivity index (χ1) is 15.4. The van der Waals surface area contributed by atoms with Crippen molar-refractivity contribution in [3.63, 3.8) is 0 Å². The fourth-order valence-electron chi connectivity index (χ4n) is 4.68. The number of unbranched alkanes of at least 4 members (excludes halogenated alkanes) is 1. The van der Waals surface area contributed by atoms with Gasteiger partial charge < -0.3 is 14.4 Å². The number of hydrogen-bond donors (Lipinski definition) is 1. The maximum atomic E-state index is 14.7. The Morgan fingerprint density at radius 2 is 2.09 bits per heavy atom. The number of nitrogens with zero attached hydrogens (tertiary/aromatic N) is 2. The van der Waals surface area contributed by atoms with Gasteiger partial charge >= 0.3 is 5.97 Å². The monoisotopic (exact) mass is 454 g/mol. The van der Waals surface area contributed by atoms with Gasteiger partial charge in [-0.05, 0) is 61.5 Å². The molecule has 1 N–H and O–H groups in total. The second kappa shape index (κ2) is 8.01. The lowest BCUT2D eigenvalue weighted by Crippen LogP contribution is -2.32. The summed E-state index contributed by atoms with van der Waals surface area (Å²) in [5.41, 5.74) is 4.39. The lowest BCUT2D eigenvalue weighted by atomic mass is 9.95. The number of carbonyl (C=O) groups is 1. The zero-order valence-corrected chi connectivity index (χ0v) is 18.7. The van der Waals surface area contributed by atoms with E-state index in [1.807, 2.05) is 6.07 Å². The highest BCUT2D eigenvalue weighted by atomic mass is 32.2. The van der Waals surface area contributed by atoms with Crippen LogP contribution in [0.5, 0.6) is 0 Å². The van der Waals surface area contributed by atoms with Crippen LogP contribution in [0.4, 0.5) is 4.39 Å². The molecule has 2 aromatic heterocycles. The lowest BCUT2D eigenvalue weighted by Gasteiger charge is -2.21. The standard InChI is InChI=1S/C24H23FN2O4S/c1-12-14(5-3-4-6-32-2)15-7-13-10-27-20(21(13)26-19(15)9-18(12)25)8-16-17(23(27)29)11-31-24(30)22(16)28/h7-9,22,28H,3-6,10-11H2,1-2H3. The Hall–Kier alpha value is -2.71. The molecule has 2 aliphatic rings. The molecule has 0 fully saturated rings. The topological polar surface area (TPSA) is 81.4 Å². The van der Waals surface area contributed by atoms with Crippen molar-refractivity contribution < 1.29 is 19.0 Å². The van der Waals surface area contributed by atoms with Crippen LogP contribution in [0.25, 0.3) is 22.3 Å². The SMILES string of the molecule is CSCCCCc1c(C)c(F)cc2nc3c(cc12)Cn1c-3cc2c(c1=O)COC(=O)C2O. The first-order valence-corrected chi connectivity index (χ1v) is 12.0. The molecule has 5 rings (SSSR count). The van der Waals surface area contributed by atoms with E-state index in [1.165, 1.54) is 6.07 Å². The number of aliphatic hydroxyl groups is 1. The van der Waals surface area contributed by atoms with Crippen molar-refractivity contribution in [3.8, 4) is 11.4 Å². The average molecular weight is 455 g/mol. The Kier molecular flexibility index (Phi) is 5.29. The van der Waals surface area contributed by atoms with Gasteiger partial charge in [0.05, 0.1) is 29.0 Å². The Morgan fingerprint density at radius 1 is 1.28 bits per heavy atom. The molecule has 4 heterocycles. The molecule has 8 heteroatoms. The van der Waals surface area contributed by atoms with Crippen molar-refractivity contribution in [1.82, 2.24) is 9.55 Å². The molecule has 166 valence electrons. The molecule has 1 unspecified atom stereocenters. The highest BCUT2D eigenvalue weighted by molar-refractivity contribution is 7.98. The third-order valence-corrected chi connectivity index (χ3v) is 7.14. The van der Waals surface area contributed by atoms with Gasteiger partial charge in [-0.25, -0.2) is 14.2 Å². The minimum absolute atomic E-state index is 0.152. The Labute approximate surface area is 188 Å². The molecule has 3 aromatic rings. The van der Waals surface area contributed by atoms with Crippen LogP contribution in [0.2, 0.25) is 0 Å². The predicted molar refractivity (Wildman–Crippen MR) is 121 cm³/mol. The smallest absolute Gasteiger partial charge is 0.340 e.